The maximum Gasteiger partial charge on any atom is 0.338 e. The van der Waals surface area contributed by atoms with Crippen molar-refractivity contribution in [1.29, 1.82) is 0 Å². The van der Waals surface area contributed by atoms with Crippen molar-refractivity contribution in [2.45, 2.75) is 57.1 Å². The summed E-state index contributed by atoms with van der Waals surface area (Å²) in [7, 11) is -0.829. The molecule has 0 bridgehead atoms. The lowest BCUT2D eigenvalue weighted by Gasteiger charge is -2.35. The monoisotopic (exact) mass is 410 g/mol. The molecule has 8 heteroatoms. The molecule has 156 valence electrons. The zero-order valence-electron chi connectivity index (χ0n) is 17.1. The van der Waals surface area contributed by atoms with E-state index in [1.807, 2.05) is 0 Å². The first kappa shape index (κ1) is 22.4. The highest BCUT2D eigenvalue weighted by molar-refractivity contribution is 7.89. The number of esters is 1. The second-order valence-electron chi connectivity index (χ2n) is 7.75. The summed E-state index contributed by atoms with van der Waals surface area (Å²) < 4.78 is 30.8. The van der Waals surface area contributed by atoms with Crippen LogP contribution in [0.15, 0.2) is 29.2 Å². The number of hydrogen-bond donors (Lipinski definition) is 1. The van der Waals surface area contributed by atoms with Crippen LogP contribution in [0, 0.1) is 11.8 Å². The van der Waals surface area contributed by atoms with Gasteiger partial charge in [0.1, 0.15) is 0 Å². The summed E-state index contributed by atoms with van der Waals surface area (Å²) >= 11 is 0. The lowest BCUT2D eigenvalue weighted by atomic mass is 9.78. The molecule has 0 aliphatic heterocycles. The van der Waals surface area contributed by atoms with Gasteiger partial charge in [0, 0.05) is 20.1 Å². The SMILES string of the molecule is C[C@@H]1[C@H](C)CCC[C@H]1NC(=O)[C@@H](C)OC(=O)c1cccc(S(=O)(=O)N(C)C)c1. The predicted molar refractivity (Wildman–Crippen MR) is 106 cm³/mol. The van der Waals surface area contributed by atoms with Crippen molar-refractivity contribution in [1.82, 2.24) is 9.62 Å². The fourth-order valence-electron chi connectivity index (χ4n) is 3.36. The van der Waals surface area contributed by atoms with Crippen LogP contribution in [0.2, 0.25) is 0 Å². The van der Waals surface area contributed by atoms with Gasteiger partial charge in [-0.25, -0.2) is 17.5 Å². The van der Waals surface area contributed by atoms with E-state index < -0.39 is 22.1 Å². The molecule has 1 fully saturated rings. The molecule has 1 aliphatic rings. The zero-order valence-corrected chi connectivity index (χ0v) is 18.0. The Morgan fingerprint density at radius 3 is 2.54 bits per heavy atom. The molecule has 2 rings (SSSR count). The van der Waals surface area contributed by atoms with Gasteiger partial charge in [0.25, 0.3) is 5.91 Å². The fourth-order valence-corrected chi connectivity index (χ4v) is 4.31. The first-order valence-electron chi connectivity index (χ1n) is 9.58. The summed E-state index contributed by atoms with van der Waals surface area (Å²) in [6, 6.07) is 5.68. The Bertz CT molecular complexity index is 822. The minimum atomic E-state index is -3.66. The first-order chi connectivity index (χ1) is 13.0. The van der Waals surface area contributed by atoms with Crippen LogP contribution in [0.1, 0.15) is 50.4 Å². The summed E-state index contributed by atoms with van der Waals surface area (Å²) in [4.78, 5) is 24.9. The first-order valence-corrected chi connectivity index (χ1v) is 11.0. The van der Waals surface area contributed by atoms with Crippen molar-refractivity contribution in [2.75, 3.05) is 14.1 Å². The third kappa shape index (κ3) is 5.11. The van der Waals surface area contributed by atoms with E-state index >= 15 is 0 Å². The number of sulfonamides is 1. The number of carbonyl (C=O) groups excluding carboxylic acids is 2. The van der Waals surface area contributed by atoms with Crippen molar-refractivity contribution in [3.63, 3.8) is 0 Å². The molecule has 0 spiro atoms. The third-order valence-electron chi connectivity index (χ3n) is 5.54. The lowest BCUT2D eigenvalue weighted by Crippen LogP contribution is -2.47. The normalized spacial score (nSPS) is 23.9. The molecule has 1 aliphatic carbocycles. The molecule has 4 atom stereocenters. The molecule has 0 unspecified atom stereocenters. The second kappa shape index (κ2) is 9.05. The van der Waals surface area contributed by atoms with Gasteiger partial charge in [-0.15, -0.1) is 0 Å². The van der Waals surface area contributed by atoms with Gasteiger partial charge in [0.15, 0.2) is 6.10 Å². The van der Waals surface area contributed by atoms with Crippen molar-refractivity contribution >= 4 is 21.9 Å². The molecular weight excluding hydrogens is 380 g/mol. The van der Waals surface area contributed by atoms with Gasteiger partial charge < -0.3 is 10.1 Å². The van der Waals surface area contributed by atoms with E-state index in [4.69, 9.17) is 4.74 Å². The molecule has 1 N–H and O–H groups in total. The maximum absolute atomic E-state index is 12.5. The molecular formula is C20H30N2O5S. The number of carbonyl (C=O) groups is 2. The van der Waals surface area contributed by atoms with Gasteiger partial charge >= 0.3 is 5.97 Å². The quantitative estimate of drug-likeness (QED) is 0.727. The average Bonchev–Trinajstić information content (AvgIpc) is 2.65. The van der Waals surface area contributed by atoms with Gasteiger partial charge in [-0.05, 0) is 43.4 Å². The van der Waals surface area contributed by atoms with Gasteiger partial charge in [-0.1, -0.05) is 32.8 Å². The summed E-state index contributed by atoms with van der Waals surface area (Å²) in [6.45, 7) is 5.83. The number of nitrogens with zero attached hydrogens (tertiary/aromatic N) is 1. The molecule has 1 aromatic rings. The number of amides is 1. The maximum atomic E-state index is 12.5. The zero-order chi connectivity index (χ0) is 21.1. The molecule has 1 amide bonds. The highest BCUT2D eigenvalue weighted by Gasteiger charge is 2.30. The van der Waals surface area contributed by atoms with Crippen molar-refractivity contribution < 1.29 is 22.7 Å². The van der Waals surface area contributed by atoms with Gasteiger partial charge in [0.2, 0.25) is 10.0 Å². The van der Waals surface area contributed by atoms with E-state index in [0.717, 1.165) is 23.6 Å². The van der Waals surface area contributed by atoms with Crippen LogP contribution >= 0.6 is 0 Å². The topological polar surface area (TPSA) is 92.8 Å². The lowest BCUT2D eigenvalue weighted by molar-refractivity contribution is -0.130. The minimum absolute atomic E-state index is 0.00549. The molecule has 28 heavy (non-hydrogen) atoms. The Morgan fingerprint density at radius 1 is 1.21 bits per heavy atom. The van der Waals surface area contributed by atoms with Crippen LogP contribution in [0.4, 0.5) is 0 Å². The second-order valence-corrected chi connectivity index (χ2v) is 9.90. The van der Waals surface area contributed by atoms with Crippen molar-refractivity contribution in [3.05, 3.63) is 29.8 Å². The summed E-state index contributed by atoms with van der Waals surface area (Å²) in [5, 5.41) is 2.99. The van der Waals surface area contributed by atoms with Crippen LogP contribution in [0.5, 0.6) is 0 Å². The van der Waals surface area contributed by atoms with Gasteiger partial charge in [-0.2, -0.15) is 0 Å². The van der Waals surface area contributed by atoms with Crippen LogP contribution < -0.4 is 5.32 Å². The number of rotatable bonds is 6. The van der Waals surface area contributed by atoms with E-state index in [9.17, 15) is 18.0 Å². The molecule has 7 nitrogen and oxygen atoms in total. The largest absolute Gasteiger partial charge is 0.449 e. The number of hydrogen-bond acceptors (Lipinski definition) is 5. The van der Waals surface area contributed by atoms with Gasteiger partial charge in [0.05, 0.1) is 10.5 Å². The van der Waals surface area contributed by atoms with Gasteiger partial charge in [-0.3, -0.25) is 4.79 Å². The van der Waals surface area contributed by atoms with E-state index in [2.05, 4.69) is 19.2 Å². The summed E-state index contributed by atoms with van der Waals surface area (Å²) in [5.41, 5.74) is 0.0854. The van der Waals surface area contributed by atoms with Crippen molar-refractivity contribution in [3.8, 4) is 0 Å². The highest BCUT2D eigenvalue weighted by atomic mass is 32.2. The van der Waals surface area contributed by atoms with E-state index in [-0.39, 0.29) is 22.4 Å². The van der Waals surface area contributed by atoms with E-state index in [1.165, 1.54) is 45.3 Å². The number of benzene rings is 1. The molecule has 0 radical (unpaired) electrons. The molecule has 0 aromatic heterocycles. The molecule has 0 heterocycles. The van der Waals surface area contributed by atoms with Crippen LogP contribution in [-0.2, 0) is 19.6 Å². The van der Waals surface area contributed by atoms with Crippen LogP contribution in [0.3, 0.4) is 0 Å². The Morgan fingerprint density at radius 2 is 1.89 bits per heavy atom. The molecule has 1 aromatic carbocycles. The standard InChI is InChI=1S/C20H30N2O5S/c1-13-8-6-11-18(14(13)2)21-19(23)15(3)27-20(24)16-9-7-10-17(12-16)28(25,26)22(4)5/h7,9-10,12-15,18H,6,8,11H2,1-5H3,(H,21,23)/t13-,14-,15-,18-/m1/s1. The van der Waals surface area contributed by atoms with E-state index in [0.29, 0.717) is 11.8 Å². The Labute approximate surface area is 167 Å². The Kier molecular flexibility index (Phi) is 7.22. The average molecular weight is 411 g/mol. The Hall–Kier alpha value is -1.93. The predicted octanol–water partition coefficient (Wildman–Crippen LogP) is 2.42. The summed E-state index contributed by atoms with van der Waals surface area (Å²) in [5.74, 6) is -0.160. The number of nitrogens with one attached hydrogen (secondary N) is 1. The number of ether oxygens (including phenoxy) is 1. The Balaban J connectivity index is 2.03. The van der Waals surface area contributed by atoms with Crippen LogP contribution in [-0.4, -0.2) is 50.8 Å². The van der Waals surface area contributed by atoms with E-state index in [1.54, 1.807) is 0 Å². The van der Waals surface area contributed by atoms with Crippen molar-refractivity contribution in [2.24, 2.45) is 11.8 Å². The summed E-state index contributed by atoms with van der Waals surface area (Å²) in [6.07, 6.45) is 2.18. The third-order valence-corrected chi connectivity index (χ3v) is 7.35. The fraction of sp³-hybridized carbons (Fsp3) is 0.600. The molecule has 1 saturated carbocycles. The van der Waals surface area contributed by atoms with Crippen LogP contribution in [0.25, 0.3) is 0 Å². The highest BCUT2D eigenvalue weighted by Crippen LogP contribution is 2.29. The molecule has 0 saturated heterocycles. The minimum Gasteiger partial charge on any atom is -0.449 e. The smallest absolute Gasteiger partial charge is 0.338 e.